The van der Waals surface area contributed by atoms with E-state index in [1.165, 1.54) is 5.57 Å². The summed E-state index contributed by atoms with van der Waals surface area (Å²) in [7, 11) is 1.63. The molecule has 2 nitrogen and oxygen atoms in total. The Hall–Kier alpha value is -0.275. The van der Waals surface area contributed by atoms with Crippen LogP contribution in [0.5, 0.6) is 0 Å². The molecule has 0 aliphatic heterocycles. The molecule has 3 heteroatoms. The van der Waals surface area contributed by atoms with Crippen molar-refractivity contribution in [2.75, 3.05) is 0 Å². The van der Waals surface area contributed by atoms with Crippen molar-refractivity contribution >= 4 is 7.48 Å². The maximum atomic E-state index is 9.74. The Kier molecular flexibility index (Phi) is 4.20. The first kappa shape index (κ1) is 12.7. The summed E-state index contributed by atoms with van der Waals surface area (Å²) in [5, 5.41) is 9.74. The molecule has 0 amide bonds. The van der Waals surface area contributed by atoms with Crippen LogP contribution in [0.25, 0.3) is 0 Å². The Bertz CT molecular complexity index is 186. The third-order valence-electron chi connectivity index (χ3n) is 2.24. The second-order valence-electron chi connectivity index (χ2n) is 4.57. The monoisotopic (exact) mass is 183 g/mol. The van der Waals surface area contributed by atoms with Gasteiger partial charge in [-0.2, -0.15) is 0 Å². The minimum Gasteiger partial charge on any atom is -0.427 e. The van der Waals surface area contributed by atoms with Crippen LogP contribution in [0.15, 0.2) is 11.5 Å². The summed E-state index contributed by atoms with van der Waals surface area (Å²) >= 11 is 0. The fraction of sp³-hybridized carbons (Fsp3) is 0.800. The van der Waals surface area contributed by atoms with Crippen molar-refractivity contribution in [3.8, 4) is 0 Å². The van der Waals surface area contributed by atoms with Gasteiger partial charge in [0.15, 0.2) is 0 Å². The molecule has 0 aromatic rings. The Morgan fingerprint density at radius 1 is 1.23 bits per heavy atom. The molecule has 0 heterocycles. The van der Waals surface area contributed by atoms with Crippen molar-refractivity contribution < 1.29 is 9.76 Å². The molecule has 0 saturated carbocycles. The van der Waals surface area contributed by atoms with Crippen molar-refractivity contribution in [2.24, 2.45) is 0 Å². The SMILES string of the molecule is CC(C)=C[B]OC(C)(C)C(C)(C)O. The van der Waals surface area contributed by atoms with Gasteiger partial charge in [0.25, 0.3) is 0 Å². The van der Waals surface area contributed by atoms with Crippen molar-refractivity contribution in [2.45, 2.75) is 52.7 Å². The summed E-state index contributed by atoms with van der Waals surface area (Å²) in [6, 6.07) is 0. The maximum Gasteiger partial charge on any atom is 0.323 e. The molecule has 0 aromatic carbocycles. The minimum absolute atomic E-state index is 0.570. The van der Waals surface area contributed by atoms with Gasteiger partial charge in [-0.3, -0.25) is 0 Å². The van der Waals surface area contributed by atoms with E-state index in [1.807, 2.05) is 33.7 Å². The van der Waals surface area contributed by atoms with Crippen LogP contribution in [-0.4, -0.2) is 23.8 Å². The lowest BCUT2D eigenvalue weighted by Crippen LogP contribution is -2.47. The molecule has 0 atom stereocenters. The highest BCUT2D eigenvalue weighted by molar-refractivity contribution is 6.34. The van der Waals surface area contributed by atoms with Crippen LogP contribution >= 0.6 is 0 Å². The van der Waals surface area contributed by atoms with E-state index in [-0.39, 0.29) is 0 Å². The second-order valence-corrected chi connectivity index (χ2v) is 4.57. The molecule has 0 rings (SSSR count). The average molecular weight is 183 g/mol. The minimum atomic E-state index is -0.848. The molecular formula is C10H20BO2. The van der Waals surface area contributed by atoms with Crippen LogP contribution in [0, 0.1) is 0 Å². The zero-order valence-electron chi connectivity index (χ0n) is 9.51. The highest BCUT2D eigenvalue weighted by atomic mass is 16.5. The Morgan fingerprint density at radius 2 is 1.69 bits per heavy atom. The Labute approximate surface area is 82.3 Å². The molecule has 0 saturated heterocycles. The van der Waals surface area contributed by atoms with E-state index in [0.717, 1.165) is 0 Å². The van der Waals surface area contributed by atoms with Gasteiger partial charge in [0.2, 0.25) is 0 Å². The molecule has 0 aromatic heterocycles. The van der Waals surface area contributed by atoms with E-state index in [0.29, 0.717) is 0 Å². The van der Waals surface area contributed by atoms with Crippen molar-refractivity contribution in [3.63, 3.8) is 0 Å². The molecule has 1 N–H and O–H groups in total. The summed E-state index contributed by atoms with van der Waals surface area (Å²) in [5.74, 6) is 1.88. The summed E-state index contributed by atoms with van der Waals surface area (Å²) in [6.45, 7) is 11.2. The summed E-state index contributed by atoms with van der Waals surface area (Å²) in [6.07, 6.45) is 0. The van der Waals surface area contributed by atoms with E-state index >= 15 is 0 Å². The molecular weight excluding hydrogens is 163 g/mol. The number of rotatable bonds is 4. The lowest BCUT2D eigenvalue weighted by molar-refractivity contribution is -0.0894. The van der Waals surface area contributed by atoms with Crippen LogP contribution in [0.1, 0.15) is 41.5 Å². The lowest BCUT2D eigenvalue weighted by Gasteiger charge is -2.37. The smallest absolute Gasteiger partial charge is 0.323 e. The van der Waals surface area contributed by atoms with E-state index < -0.39 is 11.2 Å². The fourth-order valence-corrected chi connectivity index (χ4v) is 0.484. The molecule has 0 unspecified atom stereocenters. The molecule has 0 aliphatic rings. The van der Waals surface area contributed by atoms with Crippen LogP contribution in [-0.2, 0) is 4.65 Å². The molecule has 0 aliphatic carbocycles. The predicted octanol–water partition coefficient (Wildman–Crippen LogP) is 2.10. The second kappa shape index (κ2) is 4.29. The first-order valence-corrected chi connectivity index (χ1v) is 4.54. The van der Waals surface area contributed by atoms with E-state index in [9.17, 15) is 5.11 Å². The molecule has 75 valence electrons. The van der Waals surface area contributed by atoms with Gasteiger partial charge in [0.1, 0.15) is 0 Å². The average Bonchev–Trinajstić information content (AvgIpc) is 1.82. The number of allylic oxidation sites excluding steroid dienone is 1. The largest absolute Gasteiger partial charge is 0.427 e. The van der Waals surface area contributed by atoms with Gasteiger partial charge in [-0.25, -0.2) is 0 Å². The fourth-order valence-electron chi connectivity index (χ4n) is 0.484. The third kappa shape index (κ3) is 4.48. The van der Waals surface area contributed by atoms with Gasteiger partial charge in [-0.15, -0.1) is 0 Å². The van der Waals surface area contributed by atoms with Gasteiger partial charge in [0.05, 0.1) is 11.2 Å². The summed E-state index contributed by atoms with van der Waals surface area (Å²) in [4.78, 5) is 0. The topological polar surface area (TPSA) is 29.5 Å². The first-order valence-electron chi connectivity index (χ1n) is 4.54. The van der Waals surface area contributed by atoms with Crippen molar-refractivity contribution in [3.05, 3.63) is 11.5 Å². The van der Waals surface area contributed by atoms with Gasteiger partial charge >= 0.3 is 7.48 Å². The highest BCUT2D eigenvalue weighted by Crippen LogP contribution is 2.24. The molecule has 1 radical (unpaired) electrons. The number of aliphatic hydroxyl groups is 1. The number of hydrogen-bond donors (Lipinski definition) is 1. The zero-order chi connectivity index (χ0) is 10.7. The van der Waals surface area contributed by atoms with Crippen molar-refractivity contribution in [1.82, 2.24) is 0 Å². The quantitative estimate of drug-likeness (QED) is 0.676. The summed E-state index contributed by atoms with van der Waals surface area (Å²) < 4.78 is 5.45. The van der Waals surface area contributed by atoms with Crippen LogP contribution in [0.3, 0.4) is 0 Å². The van der Waals surface area contributed by atoms with E-state index in [2.05, 4.69) is 0 Å². The van der Waals surface area contributed by atoms with E-state index in [1.54, 1.807) is 21.3 Å². The van der Waals surface area contributed by atoms with Crippen LogP contribution in [0.2, 0.25) is 0 Å². The van der Waals surface area contributed by atoms with Crippen LogP contribution < -0.4 is 0 Å². The van der Waals surface area contributed by atoms with Crippen molar-refractivity contribution in [1.29, 1.82) is 0 Å². The zero-order valence-corrected chi connectivity index (χ0v) is 9.51. The Morgan fingerprint density at radius 3 is 2.00 bits per heavy atom. The normalized spacial score (nSPS) is 12.5. The molecule has 0 bridgehead atoms. The van der Waals surface area contributed by atoms with Gasteiger partial charge in [-0.1, -0.05) is 11.5 Å². The molecule has 13 heavy (non-hydrogen) atoms. The van der Waals surface area contributed by atoms with Gasteiger partial charge in [0, 0.05) is 0 Å². The highest BCUT2D eigenvalue weighted by Gasteiger charge is 2.35. The summed E-state index contributed by atoms with van der Waals surface area (Å²) in [5.41, 5.74) is -0.246. The first-order chi connectivity index (χ1) is 5.67. The number of hydrogen-bond acceptors (Lipinski definition) is 2. The standard InChI is InChI=1S/C10H20BO2/c1-8(2)7-11-13-10(5,6)9(3,4)12/h7,12H,1-6H3. The van der Waals surface area contributed by atoms with E-state index in [4.69, 9.17) is 4.65 Å². The predicted molar refractivity (Wildman–Crippen MR) is 56.6 cm³/mol. The molecule has 0 fully saturated rings. The molecule has 0 spiro atoms. The Balaban J connectivity index is 4.12. The maximum absolute atomic E-state index is 9.74. The van der Waals surface area contributed by atoms with Crippen LogP contribution in [0.4, 0.5) is 0 Å². The van der Waals surface area contributed by atoms with Gasteiger partial charge < -0.3 is 9.76 Å². The lowest BCUT2D eigenvalue weighted by atomic mass is 9.86. The van der Waals surface area contributed by atoms with Gasteiger partial charge in [-0.05, 0) is 41.5 Å². The third-order valence-corrected chi connectivity index (χ3v) is 2.24.